The van der Waals surface area contributed by atoms with Gasteiger partial charge in [-0.15, -0.1) is 11.3 Å². The van der Waals surface area contributed by atoms with Gasteiger partial charge in [-0.2, -0.15) is 0 Å². The largest absolute Gasteiger partial charge is 0.336 e. The lowest BCUT2D eigenvalue weighted by Gasteiger charge is -2.26. The minimum atomic E-state index is -2.93. The molecule has 0 spiro atoms. The predicted octanol–water partition coefficient (Wildman–Crippen LogP) is 1.74. The normalized spacial score (nSPS) is 25.2. The van der Waals surface area contributed by atoms with Crippen molar-refractivity contribution in [3.8, 4) is 0 Å². The summed E-state index contributed by atoms with van der Waals surface area (Å²) in [5, 5.41) is 0. The number of carbonyl (C=O) groups is 1. The number of amides is 1. The number of sulfone groups is 1. The fourth-order valence-corrected chi connectivity index (χ4v) is 5.26. The third-order valence-electron chi connectivity index (χ3n) is 4.17. The number of hydrogen-bond acceptors (Lipinski definition) is 4. The van der Waals surface area contributed by atoms with Gasteiger partial charge >= 0.3 is 0 Å². The van der Waals surface area contributed by atoms with E-state index in [-0.39, 0.29) is 17.4 Å². The number of aryl methyl sites for hydroxylation is 1. The highest BCUT2D eigenvalue weighted by Crippen LogP contribution is 2.32. The molecule has 1 aliphatic carbocycles. The van der Waals surface area contributed by atoms with Crippen molar-refractivity contribution in [1.82, 2.24) is 4.90 Å². The van der Waals surface area contributed by atoms with E-state index >= 15 is 0 Å². The lowest BCUT2D eigenvalue weighted by Crippen LogP contribution is -2.43. The highest BCUT2D eigenvalue weighted by Gasteiger charge is 2.28. The topological polar surface area (TPSA) is 54.5 Å². The molecule has 1 aromatic rings. The van der Waals surface area contributed by atoms with Gasteiger partial charge in [0.2, 0.25) is 0 Å². The molecule has 2 heterocycles. The Kier molecular flexibility index (Phi) is 3.62. The van der Waals surface area contributed by atoms with Crippen LogP contribution in [0.15, 0.2) is 6.07 Å². The molecule has 0 radical (unpaired) electrons. The molecule has 3 rings (SSSR count). The maximum absolute atomic E-state index is 12.5. The Morgan fingerprint density at radius 3 is 2.75 bits per heavy atom. The SMILES string of the molecule is C[C@H]1CCc2sc(C(=O)N3CCS(=O)(=O)CC3)cc2C1. The maximum atomic E-state index is 12.5. The molecule has 1 amide bonds. The standard InChI is InChI=1S/C14H19NO3S2/c1-10-2-3-12-11(8-10)9-13(19-12)14(16)15-4-6-20(17,18)7-5-15/h9-10H,2-8H2,1H3/t10-/m0/s1. The van der Waals surface area contributed by atoms with Crippen LogP contribution in [0.5, 0.6) is 0 Å². The summed E-state index contributed by atoms with van der Waals surface area (Å²) in [7, 11) is -2.93. The van der Waals surface area contributed by atoms with E-state index in [9.17, 15) is 13.2 Å². The summed E-state index contributed by atoms with van der Waals surface area (Å²) in [6.07, 6.45) is 3.33. The molecule has 6 heteroatoms. The number of thiophene rings is 1. The highest BCUT2D eigenvalue weighted by molar-refractivity contribution is 7.91. The lowest BCUT2D eigenvalue weighted by molar-refractivity contribution is 0.0775. The summed E-state index contributed by atoms with van der Waals surface area (Å²) in [4.78, 5) is 16.3. The van der Waals surface area contributed by atoms with Crippen molar-refractivity contribution >= 4 is 27.1 Å². The molecule has 1 aliphatic heterocycles. The van der Waals surface area contributed by atoms with Gasteiger partial charge in [0.15, 0.2) is 9.84 Å². The summed E-state index contributed by atoms with van der Waals surface area (Å²) < 4.78 is 22.8. The first-order valence-corrected chi connectivity index (χ1v) is 9.70. The molecule has 1 aromatic heterocycles. The summed E-state index contributed by atoms with van der Waals surface area (Å²) >= 11 is 1.60. The van der Waals surface area contributed by atoms with Crippen molar-refractivity contribution in [2.45, 2.75) is 26.2 Å². The summed E-state index contributed by atoms with van der Waals surface area (Å²) in [5.74, 6) is 0.897. The van der Waals surface area contributed by atoms with Gasteiger partial charge in [0, 0.05) is 18.0 Å². The van der Waals surface area contributed by atoms with Crippen molar-refractivity contribution in [2.24, 2.45) is 5.92 Å². The Hall–Kier alpha value is -0.880. The van der Waals surface area contributed by atoms with E-state index in [0.717, 1.165) is 17.7 Å². The van der Waals surface area contributed by atoms with Crippen LogP contribution >= 0.6 is 11.3 Å². The van der Waals surface area contributed by atoms with Crippen LogP contribution in [-0.2, 0) is 22.7 Å². The molecule has 0 aromatic carbocycles. The van der Waals surface area contributed by atoms with Gasteiger partial charge in [0.1, 0.15) is 0 Å². The fraction of sp³-hybridized carbons (Fsp3) is 0.643. The van der Waals surface area contributed by atoms with Crippen molar-refractivity contribution in [2.75, 3.05) is 24.6 Å². The van der Waals surface area contributed by atoms with Gasteiger partial charge in [-0.1, -0.05) is 6.92 Å². The molecule has 0 saturated carbocycles. The van der Waals surface area contributed by atoms with Gasteiger partial charge in [0.25, 0.3) is 5.91 Å². The Bertz CT molecular complexity index is 619. The summed E-state index contributed by atoms with van der Waals surface area (Å²) in [5.41, 5.74) is 1.32. The van der Waals surface area contributed by atoms with Crippen LogP contribution in [0.1, 0.15) is 33.5 Å². The summed E-state index contributed by atoms with van der Waals surface area (Å²) in [6.45, 7) is 2.91. The minimum absolute atomic E-state index is 0.00644. The first kappa shape index (κ1) is 14.1. The number of hydrogen-bond donors (Lipinski definition) is 0. The van der Waals surface area contributed by atoms with Crippen molar-refractivity contribution in [1.29, 1.82) is 0 Å². The first-order chi connectivity index (χ1) is 9.44. The Balaban J connectivity index is 1.75. The molecular formula is C14H19NO3S2. The van der Waals surface area contributed by atoms with Crippen LogP contribution in [-0.4, -0.2) is 43.8 Å². The lowest BCUT2D eigenvalue weighted by atomic mass is 9.90. The van der Waals surface area contributed by atoms with Gasteiger partial charge in [-0.05, 0) is 36.8 Å². The van der Waals surface area contributed by atoms with E-state index < -0.39 is 9.84 Å². The molecule has 1 atom stereocenters. The van der Waals surface area contributed by atoms with Crippen LogP contribution < -0.4 is 0 Å². The highest BCUT2D eigenvalue weighted by atomic mass is 32.2. The number of fused-ring (bicyclic) bond motifs is 1. The van der Waals surface area contributed by atoms with Crippen LogP contribution in [0.25, 0.3) is 0 Å². The zero-order valence-corrected chi connectivity index (χ0v) is 13.2. The third kappa shape index (κ3) is 2.76. The molecule has 4 nitrogen and oxygen atoms in total. The second-order valence-corrected chi connectivity index (χ2v) is 9.29. The molecule has 110 valence electrons. The molecular weight excluding hydrogens is 294 g/mol. The Morgan fingerprint density at radius 1 is 1.35 bits per heavy atom. The van der Waals surface area contributed by atoms with Crippen LogP contribution in [0.2, 0.25) is 0 Å². The second-order valence-electron chi connectivity index (χ2n) is 5.85. The molecule has 2 aliphatic rings. The van der Waals surface area contributed by atoms with Gasteiger partial charge < -0.3 is 4.90 Å². The van der Waals surface area contributed by atoms with Crippen molar-refractivity contribution in [3.63, 3.8) is 0 Å². The minimum Gasteiger partial charge on any atom is -0.336 e. The van der Waals surface area contributed by atoms with Crippen LogP contribution in [0.4, 0.5) is 0 Å². The van der Waals surface area contributed by atoms with E-state index in [2.05, 4.69) is 6.92 Å². The van der Waals surface area contributed by atoms with Gasteiger partial charge in [-0.3, -0.25) is 4.79 Å². The Morgan fingerprint density at radius 2 is 2.05 bits per heavy atom. The monoisotopic (exact) mass is 313 g/mol. The molecule has 1 saturated heterocycles. The first-order valence-electron chi connectivity index (χ1n) is 7.06. The molecule has 0 N–H and O–H groups in total. The van der Waals surface area contributed by atoms with E-state index in [1.54, 1.807) is 16.2 Å². The quantitative estimate of drug-likeness (QED) is 0.793. The number of nitrogens with zero attached hydrogens (tertiary/aromatic N) is 1. The maximum Gasteiger partial charge on any atom is 0.263 e. The average Bonchev–Trinajstić information content (AvgIpc) is 2.80. The average molecular weight is 313 g/mol. The number of rotatable bonds is 1. The van der Waals surface area contributed by atoms with Crippen LogP contribution in [0.3, 0.4) is 0 Å². The molecule has 0 unspecified atom stereocenters. The van der Waals surface area contributed by atoms with Crippen molar-refractivity contribution in [3.05, 3.63) is 21.4 Å². The van der Waals surface area contributed by atoms with E-state index in [1.165, 1.54) is 16.9 Å². The van der Waals surface area contributed by atoms with E-state index in [1.807, 2.05) is 6.07 Å². The van der Waals surface area contributed by atoms with Crippen molar-refractivity contribution < 1.29 is 13.2 Å². The Labute approximate surface area is 123 Å². The van der Waals surface area contributed by atoms with Gasteiger partial charge in [-0.25, -0.2) is 8.42 Å². The number of carbonyl (C=O) groups excluding carboxylic acids is 1. The zero-order valence-electron chi connectivity index (χ0n) is 11.6. The second kappa shape index (κ2) is 5.15. The van der Waals surface area contributed by atoms with E-state index in [0.29, 0.717) is 19.0 Å². The molecule has 1 fully saturated rings. The fourth-order valence-electron chi connectivity index (χ4n) is 2.88. The third-order valence-corrected chi connectivity index (χ3v) is 7.01. The van der Waals surface area contributed by atoms with Crippen LogP contribution in [0, 0.1) is 5.92 Å². The van der Waals surface area contributed by atoms with Gasteiger partial charge in [0.05, 0.1) is 16.4 Å². The smallest absolute Gasteiger partial charge is 0.263 e. The summed E-state index contributed by atoms with van der Waals surface area (Å²) in [6, 6.07) is 2.03. The van der Waals surface area contributed by atoms with E-state index in [4.69, 9.17) is 0 Å². The molecule has 0 bridgehead atoms. The predicted molar refractivity (Wildman–Crippen MR) is 80.1 cm³/mol. The zero-order chi connectivity index (χ0) is 14.3. The molecule has 20 heavy (non-hydrogen) atoms.